The number of β-amino-alcohol motifs (C(OH)–C–C–N with tert-alkyl or cyclic N) is 1. The molecule has 23 heavy (non-hydrogen) atoms. The Balaban J connectivity index is 1.64. The molecular formula is C18H19F2NO2. The number of halogens is 2. The second kappa shape index (κ2) is 7.17. The zero-order valence-electron chi connectivity index (χ0n) is 12.7. The zero-order valence-corrected chi connectivity index (χ0v) is 12.7. The maximum Gasteiger partial charge on any atom is 0.129 e. The molecule has 3 rings (SSSR count). The Bertz CT molecular complexity index is 648. The first kappa shape index (κ1) is 16.1. The zero-order chi connectivity index (χ0) is 16.2. The van der Waals surface area contributed by atoms with Gasteiger partial charge in [0.05, 0.1) is 18.8 Å². The molecule has 1 aliphatic rings. The third kappa shape index (κ3) is 3.93. The van der Waals surface area contributed by atoms with Crippen molar-refractivity contribution in [3.8, 4) is 0 Å². The minimum atomic E-state index is -0.886. The molecule has 2 aromatic rings. The average molecular weight is 319 g/mol. The van der Waals surface area contributed by atoms with Gasteiger partial charge >= 0.3 is 0 Å². The molecule has 0 spiro atoms. The number of hydrogen-bond acceptors (Lipinski definition) is 3. The molecule has 0 saturated carbocycles. The monoisotopic (exact) mass is 319 g/mol. The highest BCUT2D eigenvalue weighted by molar-refractivity contribution is 5.21. The maximum atomic E-state index is 13.7. The fourth-order valence-electron chi connectivity index (χ4n) is 2.84. The van der Waals surface area contributed by atoms with Crippen LogP contribution in [-0.4, -0.2) is 36.2 Å². The third-order valence-electron chi connectivity index (χ3n) is 4.09. The lowest BCUT2D eigenvalue weighted by Gasteiger charge is -2.34. The number of aliphatic hydroxyl groups is 1. The van der Waals surface area contributed by atoms with Gasteiger partial charge in [-0.2, -0.15) is 0 Å². The van der Waals surface area contributed by atoms with Crippen LogP contribution in [-0.2, 0) is 4.74 Å². The van der Waals surface area contributed by atoms with Crippen molar-refractivity contribution in [3.63, 3.8) is 0 Å². The summed E-state index contributed by atoms with van der Waals surface area (Å²) in [5.74, 6) is -0.681. The number of nitrogens with zero attached hydrogens (tertiary/aromatic N) is 1. The summed E-state index contributed by atoms with van der Waals surface area (Å²) in [5, 5.41) is 10.3. The van der Waals surface area contributed by atoms with E-state index in [0.29, 0.717) is 31.8 Å². The number of aliphatic hydroxyl groups excluding tert-OH is 1. The van der Waals surface area contributed by atoms with Gasteiger partial charge in [0.15, 0.2) is 0 Å². The Labute approximate surface area is 134 Å². The first-order valence-electron chi connectivity index (χ1n) is 7.65. The Morgan fingerprint density at radius 3 is 2.61 bits per heavy atom. The molecule has 1 N–H and O–H groups in total. The molecule has 2 unspecified atom stereocenters. The van der Waals surface area contributed by atoms with Crippen LogP contribution in [0.2, 0.25) is 0 Å². The molecule has 0 aliphatic carbocycles. The van der Waals surface area contributed by atoms with Gasteiger partial charge in [0, 0.05) is 25.2 Å². The minimum Gasteiger partial charge on any atom is -0.387 e. The lowest BCUT2D eigenvalue weighted by molar-refractivity contribution is -0.0427. The molecule has 3 nitrogen and oxygen atoms in total. The lowest BCUT2D eigenvalue weighted by Crippen LogP contribution is -2.40. The van der Waals surface area contributed by atoms with E-state index in [4.69, 9.17) is 4.74 Å². The second-order valence-electron chi connectivity index (χ2n) is 5.71. The van der Waals surface area contributed by atoms with Gasteiger partial charge in [-0.05, 0) is 23.8 Å². The van der Waals surface area contributed by atoms with Crippen molar-refractivity contribution in [1.82, 2.24) is 4.90 Å². The van der Waals surface area contributed by atoms with Gasteiger partial charge in [0.1, 0.15) is 11.6 Å². The van der Waals surface area contributed by atoms with Crippen LogP contribution >= 0.6 is 0 Å². The van der Waals surface area contributed by atoms with Gasteiger partial charge in [-0.1, -0.05) is 30.3 Å². The smallest absolute Gasteiger partial charge is 0.129 e. The van der Waals surface area contributed by atoms with E-state index in [1.54, 1.807) is 30.3 Å². The molecule has 2 aromatic carbocycles. The molecular weight excluding hydrogens is 300 g/mol. The topological polar surface area (TPSA) is 32.7 Å². The first-order valence-corrected chi connectivity index (χ1v) is 7.65. The van der Waals surface area contributed by atoms with Crippen LogP contribution in [0.1, 0.15) is 23.3 Å². The van der Waals surface area contributed by atoms with Crippen LogP contribution in [0.5, 0.6) is 0 Å². The normalized spacial score (nSPS) is 20.4. The van der Waals surface area contributed by atoms with Gasteiger partial charge in [-0.15, -0.1) is 0 Å². The summed E-state index contributed by atoms with van der Waals surface area (Å²) in [6.07, 6.45) is -1.06. The Kier molecular flexibility index (Phi) is 5.00. The highest BCUT2D eigenvalue weighted by Crippen LogP contribution is 2.25. The molecule has 2 atom stereocenters. The van der Waals surface area contributed by atoms with E-state index in [1.807, 2.05) is 4.90 Å². The number of ether oxygens (including phenoxy) is 1. The molecule has 1 heterocycles. The molecule has 1 aliphatic heterocycles. The molecule has 0 aromatic heterocycles. The van der Waals surface area contributed by atoms with Gasteiger partial charge in [0.25, 0.3) is 0 Å². The van der Waals surface area contributed by atoms with E-state index >= 15 is 0 Å². The summed E-state index contributed by atoms with van der Waals surface area (Å²) < 4.78 is 32.5. The summed E-state index contributed by atoms with van der Waals surface area (Å²) in [6, 6.07) is 12.5. The van der Waals surface area contributed by atoms with E-state index < -0.39 is 11.9 Å². The summed E-state index contributed by atoms with van der Waals surface area (Å²) in [6.45, 7) is 2.11. The fourth-order valence-corrected chi connectivity index (χ4v) is 2.84. The second-order valence-corrected chi connectivity index (χ2v) is 5.71. The van der Waals surface area contributed by atoms with Crippen molar-refractivity contribution in [2.24, 2.45) is 0 Å². The molecule has 0 amide bonds. The maximum absolute atomic E-state index is 13.7. The predicted octanol–water partition coefficient (Wildman–Crippen LogP) is 3.07. The molecule has 0 bridgehead atoms. The van der Waals surface area contributed by atoms with Crippen molar-refractivity contribution in [2.75, 3.05) is 26.2 Å². The Morgan fingerprint density at radius 2 is 1.87 bits per heavy atom. The van der Waals surface area contributed by atoms with Crippen molar-refractivity contribution >= 4 is 0 Å². The SMILES string of the molecule is OC(CN1CCOC(c2ccc(F)cc2)C1)c1ccccc1F. The number of benzene rings is 2. The highest BCUT2D eigenvalue weighted by Gasteiger charge is 2.24. The standard InChI is InChI=1S/C18H19F2NO2/c19-14-7-5-13(6-8-14)18-12-21(9-10-23-18)11-17(22)15-3-1-2-4-16(15)20/h1-8,17-18,22H,9-12H2. The average Bonchev–Trinajstić information content (AvgIpc) is 2.56. The molecule has 0 radical (unpaired) electrons. The van der Waals surface area contributed by atoms with Crippen LogP contribution in [0.15, 0.2) is 48.5 Å². The first-order chi connectivity index (χ1) is 11.1. The number of rotatable bonds is 4. The third-order valence-corrected chi connectivity index (χ3v) is 4.09. The van der Waals surface area contributed by atoms with Gasteiger partial charge in [-0.3, -0.25) is 4.90 Å². The minimum absolute atomic E-state index is 0.169. The van der Waals surface area contributed by atoms with Crippen LogP contribution in [0.4, 0.5) is 8.78 Å². The predicted molar refractivity (Wildman–Crippen MR) is 82.9 cm³/mol. The Hall–Kier alpha value is -1.82. The summed E-state index contributed by atoms with van der Waals surface area (Å²) in [5.41, 5.74) is 1.20. The van der Waals surface area contributed by atoms with Gasteiger partial charge in [-0.25, -0.2) is 8.78 Å². The lowest BCUT2D eigenvalue weighted by atomic mass is 10.1. The number of hydrogen-bond donors (Lipinski definition) is 1. The highest BCUT2D eigenvalue weighted by atomic mass is 19.1. The quantitative estimate of drug-likeness (QED) is 0.940. The summed E-state index contributed by atoms with van der Waals surface area (Å²) >= 11 is 0. The van der Waals surface area contributed by atoms with E-state index in [9.17, 15) is 13.9 Å². The van der Waals surface area contributed by atoms with Crippen LogP contribution < -0.4 is 0 Å². The van der Waals surface area contributed by atoms with Crippen molar-refractivity contribution in [2.45, 2.75) is 12.2 Å². The summed E-state index contributed by atoms with van der Waals surface area (Å²) in [4.78, 5) is 2.04. The molecule has 5 heteroatoms. The van der Waals surface area contributed by atoms with E-state index in [1.165, 1.54) is 18.2 Å². The van der Waals surface area contributed by atoms with E-state index in [-0.39, 0.29) is 11.9 Å². The molecule has 122 valence electrons. The van der Waals surface area contributed by atoms with Crippen molar-refractivity contribution in [3.05, 3.63) is 71.3 Å². The van der Waals surface area contributed by atoms with Gasteiger partial charge < -0.3 is 9.84 Å². The van der Waals surface area contributed by atoms with E-state index in [0.717, 1.165) is 5.56 Å². The van der Waals surface area contributed by atoms with Crippen LogP contribution in [0.25, 0.3) is 0 Å². The van der Waals surface area contributed by atoms with E-state index in [2.05, 4.69) is 0 Å². The van der Waals surface area contributed by atoms with Crippen LogP contribution in [0, 0.1) is 11.6 Å². The van der Waals surface area contributed by atoms with Crippen molar-refractivity contribution in [1.29, 1.82) is 0 Å². The fraction of sp³-hybridized carbons (Fsp3) is 0.333. The largest absolute Gasteiger partial charge is 0.387 e. The molecule has 1 fully saturated rings. The van der Waals surface area contributed by atoms with Crippen molar-refractivity contribution < 1.29 is 18.6 Å². The number of morpholine rings is 1. The van der Waals surface area contributed by atoms with Crippen LogP contribution in [0.3, 0.4) is 0 Å². The Morgan fingerprint density at radius 1 is 1.13 bits per heavy atom. The van der Waals surface area contributed by atoms with Gasteiger partial charge in [0.2, 0.25) is 0 Å². The molecule has 1 saturated heterocycles. The summed E-state index contributed by atoms with van der Waals surface area (Å²) in [7, 11) is 0.